The number of alkyl carbamates (subject to hydrolysis) is 1. The highest BCUT2D eigenvalue weighted by molar-refractivity contribution is 7.82. The molecule has 0 spiro atoms. The molecule has 1 aromatic rings. The number of benzene rings is 1. The SMILES string of the molecule is CC#CCC(S)(NC(=O)OC(C)(C)C)C(=O)O.O=Cc1ccc(O)cc1. The second-order valence-electron chi connectivity index (χ2n) is 6.11. The highest BCUT2D eigenvalue weighted by Crippen LogP contribution is 2.17. The summed E-state index contributed by atoms with van der Waals surface area (Å²) in [6.45, 7) is 6.61. The number of ether oxygens (including phenoxy) is 1. The first-order chi connectivity index (χ1) is 11.9. The van der Waals surface area contributed by atoms with Gasteiger partial charge in [-0.25, -0.2) is 9.59 Å². The summed E-state index contributed by atoms with van der Waals surface area (Å²) in [4.78, 5) is 30.8. The first-order valence-corrected chi connectivity index (χ1v) is 7.99. The number of phenolic OH excluding ortho intramolecular Hbond substituents is 1. The van der Waals surface area contributed by atoms with Gasteiger partial charge < -0.3 is 14.9 Å². The Morgan fingerprint density at radius 1 is 1.27 bits per heavy atom. The summed E-state index contributed by atoms with van der Waals surface area (Å²) in [5.41, 5.74) is -0.124. The number of aldehydes is 1. The van der Waals surface area contributed by atoms with Crippen molar-refractivity contribution in [2.24, 2.45) is 0 Å². The van der Waals surface area contributed by atoms with Gasteiger partial charge in [-0.1, -0.05) is 5.92 Å². The Balaban J connectivity index is 0.000000577. The lowest BCUT2D eigenvalue weighted by atomic mass is 10.2. The molecule has 0 heterocycles. The number of aliphatic carboxylic acids is 1. The predicted octanol–water partition coefficient (Wildman–Crippen LogP) is 2.84. The highest BCUT2D eigenvalue weighted by atomic mass is 32.1. The monoisotopic (exact) mass is 381 g/mol. The van der Waals surface area contributed by atoms with Gasteiger partial charge in [0.2, 0.25) is 0 Å². The molecule has 0 radical (unpaired) electrons. The average Bonchev–Trinajstić information content (AvgIpc) is 2.52. The van der Waals surface area contributed by atoms with Gasteiger partial charge in [0.15, 0.2) is 4.87 Å². The van der Waals surface area contributed by atoms with E-state index in [9.17, 15) is 14.4 Å². The van der Waals surface area contributed by atoms with Crippen molar-refractivity contribution in [3.8, 4) is 17.6 Å². The van der Waals surface area contributed by atoms with Crippen molar-refractivity contribution >= 4 is 31.0 Å². The van der Waals surface area contributed by atoms with Crippen LogP contribution in [0.1, 0.15) is 44.5 Å². The molecule has 142 valence electrons. The zero-order valence-corrected chi connectivity index (χ0v) is 16.0. The summed E-state index contributed by atoms with van der Waals surface area (Å²) >= 11 is 3.92. The van der Waals surface area contributed by atoms with Gasteiger partial charge in [0.25, 0.3) is 0 Å². The number of rotatable bonds is 4. The topological polar surface area (TPSA) is 113 Å². The smallest absolute Gasteiger partial charge is 0.409 e. The molecule has 8 heteroatoms. The number of carbonyl (C=O) groups excluding carboxylic acids is 2. The fraction of sp³-hybridized carbons (Fsp3) is 0.389. The number of amides is 1. The number of hydrogen-bond acceptors (Lipinski definition) is 6. The van der Waals surface area contributed by atoms with Gasteiger partial charge >= 0.3 is 12.1 Å². The minimum Gasteiger partial charge on any atom is -0.508 e. The van der Waals surface area contributed by atoms with Crippen LogP contribution < -0.4 is 5.32 Å². The van der Waals surface area contributed by atoms with Gasteiger partial charge in [0.05, 0.1) is 6.42 Å². The molecule has 0 aliphatic heterocycles. The van der Waals surface area contributed by atoms with Gasteiger partial charge in [-0.2, -0.15) is 0 Å². The van der Waals surface area contributed by atoms with E-state index in [4.69, 9.17) is 14.9 Å². The molecule has 1 atom stereocenters. The van der Waals surface area contributed by atoms with Crippen molar-refractivity contribution in [2.75, 3.05) is 0 Å². The third kappa shape index (κ3) is 9.59. The Morgan fingerprint density at radius 3 is 2.19 bits per heavy atom. The van der Waals surface area contributed by atoms with E-state index in [1.165, 1.54) is 12.1 Å². The van der Waals surface area contributed by atoms with E-state index in [1.54, 1.807) is 39.8 Å². The molecule has 0 aliphatic carbocycles. The van der Waals surface area contributed by atoms with Crippen LogP contribution >= 0.6 is 12.6 Å². The van der Waals surface area contributed by atoms with Gasteiger partial charge in [0.1, 0.15) is 17.6 Å². The number of carboxylic acid groups (broad SMARTS) is 1. The molecule has 0 aromatic heterocycles. The van der Waals surface area contributed by atoms with Crippen molar-refractivity contribution in [1.82, 2.24) is 5.32 Å². The van der Waals surface area contributed by atoms with Crippen molar-refractivity contribution in [3.63, 3.8) is 0 Å². The molecular formula is C18H23NO6S. The Morgan fingerprint density at radius 2 is 1.81 bits per heavy atom. The Bertz CT molecular complexity index is 684. The molecule has 1 rings (SSSR count). The lowest BCUT2D eigenvalue weighted by Gasteiger charge is -2.26. The van der Waals surface area contributed by atoms with Crippen molar-refractivity contribution in [2.45, 2.75) is 44.6 Å². The first kappa shape index (κ1) is 23.3. The van der Waals surface area contributed by atoms with Gasteiger partial charge in [-0.15, -0.1) is 18.5 Å². The molecule has 1 aromatic carbocycles. The van der Waals surface area contributed by atoms with Crippen LogP contribution in [-0.4, -0.2) is 39.0 Å². The van der Waals surface area contributed by atoms with Gasteiger partial charge in [-0.05, 0) is 52.0 Å². The fourth-order valence-electron chi connectivity index (χ4n) is 1.41. The van der Waals surface area contributed by atoms with Crippen LogP contribution in [-0.2, 0) is 9.53 Å². The Hall–Kier alpha value is -2.66. The number of carbonyl (C=O) groups is 3. The third-order valence-electron chi connectivity index (χ3n) is 2.61. The van der Waals surface area contributed by atoms with Crippen molar-refractivity contribution in [1.29, 1.82) is 0 Å². The lowest BCUT2D eigenvalue weighted by molar-refractivity contribution is -0.140. The molecule has 0 fully saturated rings. The van der Waals surface area contributed by atoms with Crippen molar-refractivity contribution < 1.29 is 29.3 Å². The zero-order valence-electron chi connectivity index (χ0n) is 15.1. The summed E-state index contributed by atoms with van der Waals surface area (Å²) in [5, 5.41) is 19.9. The second-order valence-corrected chi connectivity index (χ2v) is 6.87. The summed E-state index contributed by atoms with van der Waals surface area (Å²) in [6, 6.07) is 6.07. The van der Waals surface area contributed by atoms with E-state index in [-0.39, 0.29) is 12.2 Å². The first-order valence-electron chi connectivity index (χ1n) is 7.54. The minimum atomic E-state index is -1.74. The lowest BCUT2D eigenvalue weighted by Crippen LogP contribution is -2.51. The number of phenols is 1. The molecular weight excluding hydrogens is 358 g/mol. The maximum Gasteiger partial charge on any atom is 0.409 e. The third-order valence-corrected chi connectivity index (χ3v) is 3.07. The number of aromatic hydroxyl groups is 1. The van der Waals surface area contributed by atoms with Crippen LogP contribution in [0.2, 0.25) is 0 Å². The molecule has 1 amide bonds. The molecule has 0 aliphatic rings. The predicted molar refractivity (Wildman–Crippen MR) is 100 cm³/mol. The number of hydrogen-bond donors (Lipinski definition) is 4. The van der Waals surface area contributed by atoms with E-state index >= 15 is 0 Å². The molecule has 0 saturated carbocycles. The van der Waals surface area contributed by atoms with E-state index in [2.05, 4.69) is 29.8 Å². The summed E-state index contributed by atoms with van der Waals surface area (Å²) in [7, 11) is 0. The average molecular weight is 381 g/mol. The summed E-state index contributed by atoms with van der Waals surface area (Å²) in [5.74, 6) is 4.00. The zero-order chi connectivity index (χ0) is 20.4. The van der Waals surface area contributed by atoms with E-state index in [0.29, 0.717) is 5.56 Å². The Kier molecular flexibility index (Phi) is 9.30. The largest absolute Gasteiger partial charge is 0.508 e. The molecule has 0 bridgehead atoms. The fourth-order valence-corrected chi connectivity index (χ4v) is 1.59. The highest BCUT2D eigenvalue weighted by Gasteiger charge is 2.37. The maximum absolute atomic E-state index is 11.4. The van der Waals surface area contributed by atoms with E-state index in [1.807, 2.05) is 0 Å². The minimum absolute atomic E-state index is 0.110. The van der Waals surface area contributed by atoms with Gasteiger partial charge in [0, 0.05) is 5.56 Å². The Labute approximate surface area is 158 Å². The number of thiol groups is 1. The normalized spacial score (nSPS) is 12.2. The molecule has 26 heavy (non-hydrogen) atoms. The molecule has 7 nitrogen and oxygen atoms in total. The van der Waals surface area contributed by atoms with Crippen LogP contribution in [0.25, 0.3) is 0 Å². The molecule has 1 unspecified atom stereocenters. The number of nitrogens with one attached hydrogen (secondary N) is 1. The van der Waals surface area contributed by atoms with Crippen LogP contribution in [0.5, 0.6) is 5.75 Å². The van der Waals surface area contributed by atoms with Crippen LogP contribution in [0.3, 0.4) is 0 Å². The number of carboxylic acids is 1. The van der Waals surface area contributed by atoms with Crippen molar-refractivity contribution in [3.05, 3.63) is 29.8 Å². The molecule has 3 N–H and O–H groups in total. The quantitative estimate of drug-likeness (QED) is 0.276. The maximum atomic E-state index is 11.4. The second kappa shape index (κ2) is 10.4. The van der Waals surface area contributed by atoms with Crippen LogP contribution in [0.15, 0.2) is 24.3 Å². The van der Waals surface area contributed by atoms with E-state index < -0.39 is 22.5 Å². The standard InChI is InChI=1S/C11H17NO4S.C7H6O2/c1-5-6-7-11(17,8(13)14)12-9(15)16-10(2,3)4;8-5-6-1-3-7(9)4-2-6/h17H,7H2,1-4H3,(H,12,15)(H,13,14);1-5,9H. The summed E-state index contributed by atoms with van der Waals surface area (Å²) in [6.07, 6.45) is -0.214. The van der Waals surface area contributed by atoms with E-state index in [0.717, 1.165) is 6.29 Å². The summed E-state index contributed by atoms with van der Waals surface area (Å²) < 4.78 is 4.95. The van der Waals surface area contributed by atoms with Gasteiger partial charge in [-0.3, -0.25) is 10.1 Å². The van der Waals surface area contributed by atoms with Crippen LogP contribution in [0.4, 0.5) is 4.79 Å². The van der Waals surface area contributed by atoms with Crippen LogP contribution in [0, 0.1) is 11.8 Å². The molecule has 0 saturated heterocycles.